The van der Waals surface area contributed by atoms with Gasteiger partial charge >= 0.3 is 0 Å². The summed E-state index contributed by atoms with van der Waals surface area (Å²) < 4.78 is 0. The van der Waals surface area contributed by atoms with Crippen LogP contribution in [0.3, 0.4) is 0 Å². The summed E-state index contributed by atoms with van der Waals surface area (Å²) in [6.45, 7) is 2.17. The summed E-state index contributed by atoms with van der Waals surface area (Å²) in [7, 11) is 2.05. The zero-order valence-corrected chi connectivity index (χ0v) is 11.6. The van der Waals surface area contributed by atoms with Crippen molar-refractivity contribution in [3.63, 3.8) is 0 Å². The van der Waals surface area contributed by atoms with Gasteiger partial charge in [0.15, 0.2) is 0 Å². The van der Waals surface area contributed by atoms with Crippen LogP contribution in [0.5, 0.6) is 0 Å². The molecule has 2 nitrogen and oxygen atoms in total. The summed E-state index contributed by atoms with van der Waals surface area (Å²) in [6, 6.07) is 2.54. The Morgan fingerprint density at radius 3 is 2.88 bits per heavy atom. The molecule has 0 aliphatic heterocycles. The van der Waals surface area contributed by atoms with Crippen molar-refractivity contribution < 1.29 is 0 Å². The topological polar surface area (TPSA) is 24.9 Å². The lowest BCUT2D eigenvalue weighted by Gasteiger charge is -2.19. The van der Waals surface area contributed by atoms with E-state index in [9.17, 15) is 0 Å². The van der Waals surface area contributed by atoms with Gasteiger partial charge in [-0.15, -0.1) is 0 Å². The molecule has 0 radical (unpaired) electrons. The van der Waals surface area contributed by atoms with E-state index in [2.05, 4.69) is 35.1 Å². The van der Waals surface area contributed by atoms with Gasteiger partial charge in [-0.25, -0.2) is 0 Å². The number of hydrogen-bond donors (Lipinski definition) is 1. The molecule has 0 aromatic carbocycles. The van der Waals surface area contributed by atoms with Gasteiger partial charge < -0.3 is 5.32 Å². The quantitative estimate of drug-likeness (QED) is 0.867. The third-order valence-corrected chi connectivity index (χ3v) is 5.07. The molecule has 94 valence electrons. The molecule has 1 saturated carbocycles. The summed E-state index contributed by atoms with van der Waals surface area (Å²) >= 11 is 2.13. The Hall–Kier alpha value is -0.540. The number of thioether (sulfide) groups is 1. The molecule has 1 aliphatic rings. The standard InChI is InChI=1S/C14H22N2S/c1-11-7-8-16-9-13(11)14(15-2)10-17-12-5-3-4-6-12/h7-9,12,14-15H,3-6,10H2,1-2H3. The number of nitrogens with one attached hydrogen (secondary N) is 1. The zero-order valence-electron chi connectivity index (χ0n) is 10.8. The van der Waals surface area contributed by atoms with E-state index in [0.29, 0.717) is 6.04 Å². The van der Waals surface area contributed by atoms with Gasteiger partial charge in [-0.3, -0.25) is 4.98 Å². The number of aryl methyl sites for hydroxylation is 1. The highest BCUT2D eigenvalue weighted by Crippen LogP contribution is 2.32. The van der Waals surface area contributed by atoms with E-state index >= 15 is 0 Å². The maximum atomic E-state index is 4.24. The van der Waals surface area contributed by atoms with Crippen molar-refractivity contribution in [2.75, 3.05) is 12.8 Å². The molecule has 0 saturated heterocycles. The van der Waals surface area contributed by atoms with E-state index in [4.69, 9.17) is 0 Å². The minimum absolute atomic E-state index is 0.439. The minimum Gasteiger partial charge on any atom is -0.312 e. The Kier molecular flexibility index (Phi) is 4.86. The first-order chi connectivity index (χ1) is 8.31. The third kappa shape index (κ3) is 3.46. The Morgan fingerprint density at radius 1 is 1.47 bits per heavy atom. The maximum Gasteiger partial charge on any atom is 0.0427 e. The van der Waals surface area contributed by atoms with Crippen LogP contribution in [-0.2, 0) is 0 Å². The monoisotopic (exact) mass is 250 g/mol. The normalized spacial score (nSPS) is 18.5. The van der Waals surface area contributed by atoms with Crippen LogP contribution in [0.4, 0.5) is 0 Å². The second kappa shape index (κ2) is 6.41. The van der Waals surface area contributed by atoms with E-state index < -0.39 is 0 Å². The van der Waals surface area contributed by atoms with Gasteiger partial charge in [-0.05, 0) is 44.0 Å². The van der Waals surface area contributed by atoms with E-state index in [-0.39, 0.29) is 0 Å². The van der Waals surface area contributed by atoms with Crippen molar-refractivity contribution >= 4 is 11.8 Å². The Balaban J connectivity index is 1.94. The first kappa shape index (κ1) is 12.9. The van der Waals surface area contributed by atoms with Crippen molar-refractivity contribution in [1.82, 2.24) is 10.3 Å². The van der Waals surface area contributed by atoms with Crippen molar-refractivity contribution in [3.8, 4) is 0 Å². The number of nitrogens with zero attached hydrogens (tertiary/aromatic N) is 1. The van der Waals surface area contributed by atoms with Crippen molar-refractivity contribution in [3.05, 3.63) is 29.6 Å². The average molecular weight is 250 g/mol. The molecule has 1 N–H and O–H groups in total. The maximum absolute atomic E-state index is 4.24. The fourth-order valence-electron chi connectivity index (χ4n) is 2.46. The summed E-state index contributed by atoms with van der Waals surface area (Å²) in [5, 5.41) is 4.31. The number of rotatable bonds is 5. The van der Waals surface area contributed by atoms with E-state index in [1.807, 2.05) is 19.4 Å². The largest absolute Gasteiger partial charge is 0.312 e. The Bertz CT molecular complexity index is 348. The van der Waals surface area contributed by atoms with Gasteiger partial charge in [-0.1, -0.05) is 12.8 Å². The molecular weight excluding hydrogens is 228 g/mol. The molecule has 1 atom stereocenters. The van der Waals surface area contributed by atoms with Crippen LogP contribution in [0.1, 0.15) is 42.9 Å². The van der Waals surface area contributed by atoms with Gasteiger partial charge in [0.1, 0.15) is 0 Å². The van der Waals surface area contributed by atoms with Crippen molar-refractivity contribution in [2.24, 2.45) is 0 Å². The molecule has 1 fully saturated rings. The fraction of sp³-hybridized carbons (Fsp3) is 0.643. The Labute approximate surface area is 109 Å². The molecule has 0 spiro atoms. The van der Waals surface area contributed by atoms with Crippen LogP contribution in [-0.4, -0.2) is 23.0 Å². The van der Waals surface area contributed by atoms with Gasteiger partial charge in [0, 0.05) is 29.4 Å². The third-order valence-electron chi connectivity index (χ3n) is 3.60. The molecule has 0 bridgehead atoms. The molecule has 1 aromatic rings. The second-order valence-corrected chi connectivity index (χ2v) is 6.15. The zero-order chi connectivity index (χ0) is 12.1. The number of aromatic nitrogens is 1. The van der Waals surface area contributed by atoms with Gasteiger partial charge in [0.05, 0.1) is 0 Å². The van der Waals surface area contributed by atoms with Crippen LogP contribution < -0.4 is 5.32 Å². The molecule has 1 aromatic heterocycles. The highest BCUT2D eigenvalue weighted by atomic mass is 32.2. The van der Waals surface area contributed by atoms with Crippen molar-refractivity contribution in [1.29, 1.82) is 0 Å². The van der Waals surface area contributed by atoms with E-state index in [1.54, 1.807) is 0 Å². The molecule has 1 heterocycles. The number of pyridine rings is 1. The lowest BCUT2D eigenvalue weighted by molar-refractivity contribution is 0.653. The lowest BCUT2D eigenvalue weighted by atomic mass is 10.1. The second-order valence-electron chi connectivity index (χ2n) is 4.81. The van der Waals surface area contributed by atoms with E-state index in [0.717, 1.165) is 11.0 Å². The van der Waals surface area contributed by atoms with E-state index in [1.165, 1.54) is 36.8 Å². The van der Waals surface area contributed by atoms with Crippen LogP contribution in [0.2, 0.25) is 0 Å². The molecule has 3 heteroatoms. The average Bonchev–Trinajstić information content (AvgIpc) is 2.85. The molecule has 1 aliphatic carbocycles. The van der Waals surface area contributed by atoms with Crippen LogP contribution in [0.25, 0.3) is 0 Å². The van der Waals surface area contributed by atoms with Crippen LogP contribution in [0, 0.1) is 6.92 Å². The highest BCUT2D eigenvalue weighted by Gasteiger charge is 2.18. The summed E-state index contributed by atoms with van der Waals surface area (Å²) in [4.78, 5) is 4.24. The molecule has 0 amide bonds. The smallest absolute Gasteiger partial charge is 0.0427 e. The molecular formula is C14H22N2S. The summed E-state index contributed by atoms with van der Waals surface area (Å²) in [6.07, 6.45) is 9.54. The molecule has 2 rings (SSSR count). The van der Waals surface area contributed by atoms with Gasteiger partial charge in [-0.2, -0.15) is 11.8 Å². The lowest BCUT2D eigenvalue weighted by Crippen LogP contribution is -2.21. The fourth-order valence-corrected chi connectivity index (χ4v) is 3.93. The van der Waals surface area contributed by atoms with Crippen LogP contribution in [0.15, 0.2) is 18.5 Å². The summed E-state index contributed by atoms with van der Waals surface area (Å²) in [5.74, 6) is 1.16. The van der Waals surface area contributed by atoms with Crippen LogP contribution >= 0.6 is 11.8 Å². The first-order valence-electron chi connectivity index (χ1n) is 6.50. The SMILES string of the molecule is CNC(CSC1CCCC1)c1cnccc1C. The van der Waals surface area contributed by atoms with Crippen molar-refractivity contribution in [2.45, 2.75) is 43.9 Å². The predicted molar refractivity (Wildman–Crippen MR) is 75.5 cm³/mol. The highest BCUT2D eigenvalue weighted by molar-refractivity contribution is 7.99. The Morgan fingerprint density at radius 2 is 2.24 bits per heavy atom. The molecule has 17 heavy (non-hydrogen) atoms. The van der Waals surface area contributed by atoms with Gasteiger partial charge in [0.25, 0.3) is 0 Å². The predicted octanol–water partition coefficient (Wildman–Crippen LogP) is 3.33. The van der Waals surface area contributed by atoms with Gasteiger partial charge in [0.2, 0.25) is 0 Å². The number of hydrogen-bond acceptors (Lipinski definition) is 3. The summed E-state index contributed by atoms with van der Waals surface area (Å²) in [5.41, 5.74) is 2.69. The minimum atomic E-state index is 0.439. The molecule has 1 unspecified atom stereocenters. The first-order valence-corrected chi connectivity index (χ1v) is 7.55.